The van der Waals surface area contributed by atoms with Crippen molar-refractivity contribution in [1.82, 2.24) is 0 Å². The van der Waals surface area contributed by atoms with Crippen molar-refractivity contribution in [1.29, 1.82) is 0 Å². The number of aliphatic hydroxyl groups excluding tert-OH is 1. The van der Waals surface area contributed by atoms with Gasteiger partial charge in [-0.15, -0.1) is 11.8 Å². The van der Waals surface area contributed by atoms with Crippen LogP contribution in [0.2, 0.25) is 0 Å². The fourth-order valence-electron chi connectivity index (χ4n) is 2.51. The molecule has 0 saturated carbocycles. The Labute approximate surface area is 172 Å². The van der Waals surface area contributed by atoms with Gasteiger partial charge in [0.05, 0.1) is 33.0 Å². The van der Waals surface area contributed by atoms with Crippen molar-refractivity contribution in [3.8, 4) is 0 Å². The van der Waals surface area contributed by atoms with Crippen LogP contribution in [0, 0.1) is 0 Å². The summed E-state index contributed by atoms with van der Waals surface area (Å²) >= 11 is 7.31. The Hall–Kier alpha value is 0.250. The predicted molar refractivity (Wildman–Crippen MR) is 115 cm³/mol. The molecule has 0 saturated heterocycles. The molecule has 1 rings (SSSR count). The van der Waals surface area contributed by atoms with Crippen LogP contribution in [-0.2, 0) is 34.5 Å². The van der Waals surface area contributed by atoms with Crippen LogP contribution in [-0.4, -0.2) is 43.9 Å². The number of hydrogen-bond acceptors (Lipinski definition) is 8. The third kappa shape index (κ3) is 7.22. The third-order valence-corrected chi connectivity index (χ3v) is 12.1. The van der Waals surface area contributed by atoms with Crippen LogP contribution in [0.15, 0.2) is 29.2 Å². The zero-order valence-electron chi connectivity index (χ0n) is 16.3. The zero-order valence-corrected chi connectivity index (χ0v) is 19.8. The number of hydrogen-bond donors (Lipinski definition) is 1. The van der Waals surface area contributed by atoms with Gasteiger partial charge in [-0.2, -0.15) is 0 Å². The van der Waals surface area contributed by atoms with Gasteiger partial charge in [-0.3, -0.25) is 4.57 Å². The van der Waals surface area contributed by atoms with Crippen LogP contribution in [0.5, 0.6) is 0 Å². The van der Waals surface area contributed by atoms with Gasteiger partial charge >= 0.3 is 7.60 Å². The molecule has 0 bridgehead atoms. The van der Waals surface area contributed by atoms with Crippen LogP contribution in [0.3, 0.4) is 0 Å². The van der Waals surface area contributed by atoms with E-state index in [9.17, 15) is 4.57 Å². The van der Waals surface area contributed by atoms with Gasteiger partial charge in [0.15, 0.2) is 5.40 Å². The minimum Gasteiger partial charge on any atom is -0.396 e. The molecule has 1 unspecified atom stereocenters. The molecule has 1 atom stereocenters. The normalized spacial score (nSPS) is 13.7. The average Bonchev–Trinajstić information content (AvgIpc) is 2.62. The maximum atomic E-state index is 13.7. The van der Waals surface area contributed by atoms with Crippen LogP contribution >= 0.6 is 25.8 Å². The molecule has 0 radical (unpaired) electrons. The highest BCUT2D eigenvalue weighted by Gasteiger charge is 2.48. The maximum absolute atomic E-state index is 13.7. The van der Waals surface area contributed by atoms with E-state index in [2.05, 4.69) is 0 Å². The maximum Gasteiger partial charge on any atom is 0.347 e. The van der Waals surface area contributed by atoms with Gasteiger partial charge in [-0.25, -0.2) is 0 Å². The van der Waals surface area contributed by atoms with E-state index in [4.69, 9.17) is 35.0 Å². The quantitative estimate of drug-likeness (QED) is 0.294. The predicted octanol–water partition coefficient (Wildman–Crippen LogP) is 5.42. The molecule has 27 heavy (non-hydrogen) atoms. The molecule has 1 N–H and O–H groups in total. The number of benzene rings is 1. The molecule has 0 spiro atoms. The van der Waals surface area contributed by atoms with Gasteiger partial charge < -0.3 is 23.2 Å². The second-order valence-electron chi connectivity index (χ2n) is 5.27. The molecule has 0 aliphatic rings. The summed E-state index contributed by atoms with van der Waals surface area (Å²) in [6.07, 6.45) is 0. The summed E-state index contributed by atoms with van der Waals surface area (Å²) in [5.74, 6) is 0.606. The summed E-state index contributed by atoms with van der Waals surface area (Å²) in [6, 6.07) is 7.52. The van der Waals surface area contributed by atoms with Crippen molar-refractivity contribution >= 4 is 37.7 Å². The van der Waals surface area contributed by atoms with Crippen molar-refractivity contribution in [2.75, 3.05) is 38.8 Å². The lowest BCUT2D eigenvalue weighted by molar-refractivity contribution is 0.210. The van der Waals surface area contributed by atoms with Crippen molar-refractivity contribution in [3.63, 3.8) is 0 Å². The fourth-order valence-corrected chi connectivity index (χ4v) is 10.6. The molecule has 1 aromatic carbocycles. The monoisotopic (exact) mass is 456 g/mol. The van der Waals surface area contributed by atoms with Crippen LogP contribution in [0.25, 0.3) is 0 Å². The molecule has 0 fully saturated rings. The largest absolute Gasteiger partial charge is 0.396 e. The smallest absolute Gasteiger partial charge is 0.347 e. The van der Waals surface area contributed by atoms with Crippen LogP contribution in [0.4, 0.5) is 0 Å². The van der Waals surface area contributed by atoms with E-state index in [-0.39, 0.29) is 19.8 Å². The van der Waals surface area contributed by atoms with Crippen molar-refractivity contribution in [2.45, 2.75) is 38.0 Å². The van der Waals surface area contributed by atoms with E-state index >= 15 is 0 Å². The molecule has 0 aromatic heterocycles. The van der Waals surface area contributed by atoms with Gasteiger partial charge in [0.2, 0.25) is 6.49 Å². The Balaban J connectivity index is 3.43. The summed E-state index contributed by atoms with van der Waals surface area (Å²) in [4.78, 5) is 0.996. The third-order valence-electron chi connectivity index (χ3n) is 3.37. The Morgan fingerprint density at radius 1 is 0.963 bits per heavy atom. The highest BCUT2D eigenvalue weighted by atomic mass is 32.5. The standard InChI is InChI=1S/C17H30O6P2S2/c1-5-20-24(19,21-6-2)17(25(26,22-7-3)23-8-4)15-9-11-16(12-10-15)27-14-13-18/h9-12,17-18H,5-8,13-14H2,1-4H3. The van der Waals surface area contributed by atoms with Crippen LogP contribution < -0.4 is 0 Å². The summed E-state index contributed by atoms with van der Waals surface area (Å²) in [5.41, 5.74) is 0.707. The van der Waals surface area contributed by atoms with Crippen molar-refractivity contribution in [3.05, 3.63) is 29.8 Å². The summed E-state index contributed by atoms with van der Waals surface area (Å²) in [5, 5.41) is 8.18. The Morgan fingerprint density at radius 3 is 1.85 bits per heavy atom. The van der Waals surface area contributed by atoms with E-state index in [0.717, 1.165) is 4.90 Å². The second kappa shape index (κ2) is 12.7. The minimum atomic E-state index is -3.62. The van der Waals surface area contributed by atoms with Gasteiger partial charge in [-0.05, 0) is 57.2 Å². The SMILES string of the molecule is CCOP(=O)(OCC)C(c1ccc(SCCO)cc1)P(=S)(OCC)OCC. The first-order chi connectivity index (χ1) is 12.9. The van der Waals surface area contributed by atoms with Gasteiger partial charge in [0.1, 0.15) is 0 Å². The first-order valence-corrected chi connectivity index (χ1v) is 14.3. The summed E-state index contributed by atoms with van der Waals surface area (Å²) in [7, 11) is -3.62. The Kier molecular flexibility index (Phi) is 11.9. The van der Waals surface area contributed by atoms with E-state index in [1.165, 1.54) is 11.8 Å². The summed E-state index contributed by atoms with van der Waals surface area (Å²) < 4.78 is 36.6. The Bertz CT molecular complexity index is 591. The van der Waals surface area contributed by atoms with Crippen molar-refractivity contribution in [2.24, 2.45) is 0 Å². The lowest BCUT2D eigenvalue weighted by Crippen LogP contribution is -2.11. The van der Waals surface area contributed by atoms with E-state index in [1.807, 2.05) is 38.1 Å². The molecule has 156 valence electrons. The highest BCUT2D eigenvalue weighted by Crippen LogP contribution is 2.78. The lowest BCUT2D eigenvalue weighted by Gasteiger charge is -2.34. The molecule has 0 aliphatic carbocycles. The van der Waals surface area contributed by atoms with Crippen LogP contribution in [0.1, 0.15) is 38.7 Å². The van der Waals surface area contributed by atoms with E-state index in [0.29, 0.717) is 24.5 Å². The minimum absolute atomic E-state index is 0.106. The first-order valence-electron chi connectivity index (χ1n) is 9.01. The molecule has 0 amide bonds. The topological polar surface area (TPSA) is 74.2 Å². The average molecular weight is 457 g/mol. The Morgan fingerprint density at radius 2 is 1.44 bits per heavy atom. The van der Waals surface area contributed by atoms with E-state index < -0.39 is 19.5 Å². The lowest BCUT2D eigenvalue weighted by atomic mass is 10.2. The fraction of sp³-hybridized carbons (Fsp3) is 0.647. The highest BCUT2D eigenvalue weighted by molar-refractivity contribution is 8.12. The molecule has 0 heterocycles. The number of thioether (sulfide) groups is 1. The molecule has 0 aliphatic heterocycles. The summed E-state index contributed by atoms with van der Waals surface area (Å²) in [6.45, 7) is 5.45. The first kappa shape index (κ1) is 25.3. The molecular formula is C17H30O6P2S2. The molecule has 1 aromatic rings. The molecule has 6 nitrogen and oxygen atoms in total. The number of aliphatic hydroxyl groups is 1. The van der Waals surface area contributed by atoms with Gasteiger partial charge in [-0.1, -0.05) is 12.1 Å². The zero-order chi connectivity index (χ0) is 20.3. The van der Waals surface area contributed by atoms with Crippen molar-refractivity contribution < 1.29 is 27.8 Å². The van der Waals surface area contributed by atoms with Gasteiger partial charge in [0.25, 0.3) is 0 Å². The number of rotatable bonds is 14. The van der Waals surface area contributed by atoms with Gasteiger partial charge in [0, 0.05) is 10.6 Å². The molecular weight excluding hydrogens is 426 g/mol. The molecule has 10 heteroatoms. The van der Waals surface area contributed by atoms with E-state index in [1.54, 1.807) is 13.8 Å². The second-order valence-corrected chi connectivity index (χ2v) is 12.6.